The Morgan fingerprint density at radius 3 is 1.48 bits per heavy atom. The topological polar surface area (TPSA) is 81.8 Å². The number of unbranched alkanes of at least 4 members (excludes halogenated alkanes) is 2. The Balaban J connectivity index is 0. The summed E-state index contributed by atoms with van der Waals surface area (Å²) in [6.45, 7) is 9.10. The van der Waals surface area contributed by atoms with E-state index in [0.717, 1.165) is 51.4 Å². The first-order valence-electron chi connectivity index (χ1n) is 9.18. The van der Waals surface area contributed by atoms with Crippen LogP contribution in [0.1, 0.15) is 79.1 Å². The molecule has 0 fully saturated rings. The first-order valence-corrected chi connectivity index (χ1v) is 10.7. The number of hydrogen-bond acceptors (Lipinski definition) is 4. The van der Waals surface area contributed by atoms with Crippen molar-refractivity contribution in [2.24, 2.45) is 17.6 Å². The standard InChI is InChI=1S/C16H35O4P.CH5N/c1-5-9-11-15(7-3)13-19-21(17,18)20-14-16(8-4)12-10-6-2;1-2/h15-16H,5-14H2,1-4H3,(H,17,18);2H2,1H3. The molecule has 0 aromatic heterocycles. The van der Waals surface area contributed by atoms with Crippen LogP contribution in [0, 0.1) is 11.8 Å². The van der Waals surface area contributed by atoms with Gasteiger partial charge in [-0.05, 0) is 31.7 Å². The van der Waals surface area contributed by atoms with E-state index in [-0.39, 0.29) is 0 Å². The van der Waals surface area contributed by atoms with Crippen LogP contribution in [-0.4, -0.2) is 25.2 Å². The van der Waals surface area contributed by atoms with Crippen molar-refractivity contribution in [1.82, 2.24) is 0 Å². The zero-order valence-electron chi connectivity index (χ0n) is 15.9. The smallest absolute Gasteiger partial charge is 0.333 e. The Kier molecular flexibility index (Phi) is 18.6. The van der Waals surface area contributed by atoms with Gasteiger partial charge in [0.2, 0.25) is 0 Å². The van der Waals surface area contributed by atoms with Crippen LogP contribution in [0.15, 0.2) is 0 Å². The van der Waals surface area contributed by atoms with E-state index >= 15 is 0 Å². The van der Waals surface area contributed by atoms with Gasteiger partial charge in [-0.25, -0.2) is 4.57 Å². The van der Waals surface area contributed by atoms with Gasteiger partial charge in [0.1, 0.15) is 0 Å². The van der Waals surface area contributed by atoms with Gasteiger partial charge >= 0.3 is 7.82 Å². The van der Waals surface area contributed by atoms with E-state index in [4.69, 9.17) is 9.05 Å². The van der Waals surface area contributed by atoms with Crippen LogP contribution in [0.25, 0.3) is 0 Å². The third-order valence-electron chi connectivity index (χ3n) is 4.03. The highest BCUT2D eigenvalue weighted by molar-refractivity contribution is 7.47. The molecule has 0 aliphatic rings. The van der Waals surface area contributed by atoms with E-state index in [2.05, 4.69) is 33.4 Å². The second kappa shape index (κ2) is 16.9. The molecule has 2 atom stereocenters. The van der Waals surface area contributed by atoms with Crippen molar-refractivity contribution in [3.63, 3.8) is 0 Å². The summed E-state index contributed by atoms with van der Waals surface area (Å²) in [7, 11) is -2.39. The first-order chi connectivity index (χ1) is 11.0. The molecule has 0 aliphatic carbocycles. The van der Waals surface area contributed by atoms with Crippen molar-refractivity contribution in [2.75, 3.05) is 20.3 Å². The van der Waals surface area contributed by atoms with Gasteiger partial charge in [0.25, 0.3) is 0 Å². The Hall–Kier alpha value is 0.0700. The molecule has 0 heterocycles. The van der Waals surface area contributed by atoms with Crippen molar-refractivity contribution in [2.45, 2.75) is 79.1 Å². The number of phosphoric ester groups is 1. The fourth-order valence-electron chi connectivity index (χ4n) is 2.23. The van der Waals surface area contributed by atoms with E-state index in [0.29, 0.717) is 25.0 Å². The number of nitrogens with two attached hydrogens (primary N) is 1. The second-order valence-corrected chi connectivity index (χ2v) is 7.35. The molecule has 23 heavy (non-hydrogen) atoms. The minimum Gasteiger partial charge on any atom is -0.333 e. The molecular weight excluding hydrogens is 313 g/mol. The van der Waals surface area contributed by atoms with Crippen LogP contribution in [-0.2, 0) is 13.6 Å². The van der Waals surface area contributed by atoms with Crippen molar-refractivity contribution in [1.29, 1.82) is 0 Å². The predicted octanol–water partition coefficient (Wildman–Crippen LogP) is 5.13. The lowest BCUT2D eigenvalue weighted by atomic mass is 10.0. The lowest BCUT2D eigenvalue weighted by molar-refractivity contribution is 0.110. The average Bonchev–Trinajstić information content (AvgIpc) is 2.57. The SMILES string of the molecule is CCCCC(CC)COP(=O)(O)OCC(CC)CCCC.CN. The fourth-order valence-corrected chi connectivity index (χ4v) is 3.11. The largest absolute Gasteiger partial charge is 0.472 e. The average molecular weight is 353 g/mol. The van der Waals surface area contributed by atoms with Gasteiger partial charge in [-0.2, -0.15) is 0 Å². The Morgan fingerprint density at radius 1 is 0.870 bits per heavy atom. The molecule has 0 aromatic rings. The third kappa shape index (κ3) is 15.3. The minimum absolute atomic E-state index is 0.316. The quantitative estimate of drug-likeness (QED) is 0.423. The molecule has 5 nitrogen and oxygen atoms in total. The molecular formula is C17H40NO4P. The molecule has 0 saturated heterocycles. The zero-order chi connectivity index (χ0) is 18.1. The predicted molar refractivity (Wildman–Crippen MR) is 98.5 cm³/mol. The summed E-state index contributed by atoms with van der Waals surface area (Å²) < 4.78 is 22.2. The monoisotopic (exact) mass is 353 g/mol. The zero-order valence-corrected chi connectivity index (χ0v) is 16.8. The van der Waals surface area contributed by atoms with Gasteiger partial charge in [-0.15, -0.1) is 0 Å². The van der Waals surface area contributed by atoms with E-state index in [1.54, 1.807) is 0 Å². The van der Waals surface area contributed by atoms with E-state index in [1.807, 2.05) is 0 Å². The summed E-state index contributed by atoms with van der Waals surface area (Å²) >= 11 is 0. The summed E-state index contributed by atoms with van der Waals surface area (Å²) in [5.41, 5.74) is 4.50. The fraction of sp³-hybridized carbons (Fsp3) is 1.00. The molecule has 0 saturated carbocycles. The summed E-state index contributed by atoms with van der Waals surface area (Å²) in [4.78, 5) is 9.77. The van der Waals surface area contributed by atoms with Crippen LogP contribution in [0.2, 0.25) is 0 Å². The minimum atomic E-state index is -3.89. The molecule has 3 N–H and O–H groups in total. The third-order valence-corrected chi connectivity index (χ3v) is 4.98. The number of rotatable bonds is 14. The molecule has 0 amide bonds. The van der Waals surface area contributed by atoms with Gasteiger partial charge < -0.3 is 10.6 Å². The highest BCUT2D eigenvalue weighted by Gasteiger charge is 2.24. The van der Waals surface area contributed by atoms with Crippen molar-refractivity contribution in [3.05, 3.63) is 0 Å². The molecule has 0 radical (unpaired) electrons. The van der Waals surface area contributed by atoms with E-state index < -0.39 is 7.82 Å². The van der Waals surface area contributed by atoms with Crippen LogP contribution in [0.4, 0.5) is 0 Å². The van der Waals surface area contributed by atoms with Crippen molar-refractivity contribution in [3.8, 4) is 0 Å². The molecule has 0 rings (SSSR count). The van der Waals surface area contributed by atoms with Crippen LogP contribution in [0.5, 0.6) is 0 Å². The van der Waals surface area contributed by atoms with Crippen LogP contribution >= 0.6 is 7.82 Å². The Bertz CT molecular complexity index is 266. The lowest BCUT2D eigenvalue weighted by Crippen LogP contribution is -2.12. The van der Waals surface area contributed by atoms with Gasteiger partial charge in [-0.3, -0.25) is 9.05 Å². The second-order valence-electron chi connectivity index (χ2n) is 5.89. The van der Waals surface area contributed by atoms with Crippen LogP contribution < -0.4 is 5.73 Å². The van der Waals surface area contributed by atoms with Gasteiger partial charge in [-0.1, -0.05) is 66.2 Å². The summed E-state index contributed by atoms with van der Waals surface area (Å²) in [5.74, 6) is 0.687. The van der Waals surface area contributed by atoms with Crippen molar-refractivity contribution < 1.29 is 18.5 Å². The molecule has 0 aliphatic heterocycles. The first kappa shape index (κ1) is 25.3. The normalized spacial score (nSPS) is 16.1. The molecule has 0 spiro atoms. The molecule has 6 heteroatoms. The molecule has 2 unspecified atom stereocenters. The van der Waals surface area contributed by atoms with Crippen LogP contribution in [0.3, 0.4) is 0 Å². The van der Waals surface area contributed by atoms with Crippen molar-refractivity contribution >= 4 is 7.82 Å². The Labute approximate surface area is 143 Å². The molecule has 0 aromatic carbocycles. The van der Waals surface area contributed by atoms with Gasteiger partial charge in [0, 0.05) is 0 Å². The van der Waals surface area contributed by atoms with Gasteiger partial charge in [0.05, 0.1) is 13.2 Å². The van der Waals surface area contributed by atoms with Gasteiger partial charge in [0.15, 0.2) is 0 Å². The molecule has 142 valence electrons. The summed E-state index contributed by atoms with van der Waals surface area (Å²) in [5, 5.41) is 0. The highest BCUT2D eigenvalue weighted by atomic mass is 31.2. The summed E-state index contributed by atoms with van der Waals surface area (Å²) in [6, 6.07) is 0. The van der Waals surface area contributed by atoms with E-state index in [1.165, 1.54) is 7.05 Å². The maximum Gasteiger partial charge on any atom is 0.472 e. The Morgan fingerprint density at radius 2 is 1.22 bits per heavy atom. The van der Waals surface area contributed by atoms with E-state index in [9.17, 15) is 9.46 Å². The maximum absolute atomic E-state index is 11.9. The maximum atomic E-state index is 11.9. The summed E-state index contributed by atoms with van der Waals surface area (Å²) in [6.07, 6.45) is 8.56. The molecule has 0 bridgehead atoms. The number of phosphoric acid groups is 1. The lowest BCUT2D eigenvalue weighted by Gasteiger charge is -2.20. The number of hydrogen-bond donors (Lipinski definition) is 2. The highest BCUT2D eigenvalue weighted by Crippen LogP contribution is 2.44.